The zero-order valence-corrected chi connectivity index (χ0v) is 23.7. The molecule has 0 spiro atoms. The van der Waals surface area contributed by atoms with Crippen molar-refractivity contribution in [3.05, 3.63) is 95.1 Å². The van der Waals surface area contributed by atoms with Gasteiger partial charge in [0, 0.05) is 17.3 Å². The van der Waals surface area contributed by atoms with Crippen LogP contribution in [0.25, 0.3) is 0 Å². The monoisotopic (exact) mass is 512 g/mol. The predicted octanol–water partition coefficient (Wildman–Crippen LogP) is 9.09. The van der Waals surface area contributed by atoms with Crippen LogP contribution in [0.4, 0.5) is 10.5 Å². The first kappa shape index (κ1) is 27.8. The number of hydrogen-bond donors (Lipinski definition) is 1. The lowest BCUT2D eigenvalue weighted by Gasteiger charge is -2.38. The van der Waals surface area contributed by atoms with Crippen molar-refractivity contribution in [1.82, 2.24) is 4.90 Å². The number of anilines is 1. The number of para-hydroxylation sites is 2. The molecular weight excluding hydrogens is 468 g/mol. The second-order valence-electron chi connectivity index (χ2n) is 11.1. The first-order valence-corrected chi connectivity index (χ1v) is 14.3. The van der Waals surface area contributed by atoms with Crippen LogP contribution in [0.1, 0.15) is 100 Å². The fourth-order valence-corrected chi connectivity index (χ4v) is 5.80. The summed E-state index contributed by atoms with van der Waals surface area (Å²) >= 11 is 0. The van der Waals surface area contributed by atoms with Gasteiger partial charge in [-0.15, -0.1) is 0 Å². The summed E-state index contributed by atoms with van der Waals surface area (Å²) in [5.74, 6) is 2.05. The van der Waals surface area contributed by atoms with Crippen LogP contribution in [0.3, 0.4) is 0 Å². The van der Waals surface area contributed by atoms with Crippen molar-refractivity contribution < 1.29 is 9.53 Å². The van der Waals surface area contributed by atoms with E-state index in [2.05, 4.69) is 92.5 Å². The Hall–Kier alpha value is -3.27. The number of nitrogens with one attached hydrogen (secondary N) is 1. The van der Waals surface area contributed by atoms with E-state index in [9.17, 15) is 4.79 Å². The van der Waals surface area contributed by atoms with E-state index in [0.29, 0.717) is 30.9 Å². The average Bonchev–Trinajstić information content (AvgIpc) is 2.93. The van der Waals surface area contributed by atoms with Crippen molar-refractivity contribution in [2.75, 3.05) is 11.9 Å². The van der Waals surface area contributed by atoms with Gasteiger partial charge in [0.15, 0.2) is 0 Å². The molecule has 0 heterocycles. The average molecular weight is 513 g/mol. The molecule has 1 aliphatic rings. The fraction of sp³-hybridized carbons (Fsp3) is 0.441. The Kier molecular flexibility index (Phi) is 9.49. The number of nitrogens with zero attached hydrogens (tertiary/aromatic N) is 1. The van der Waals surface area contributed by atoms with Crippen LogP contribution in [0, 0.1) is 0 Å². The number of hydrogen-bond acceptors (Lipinski definition) is 2. The van der Waals surface area contributed by atoms with Gasteiger partial charge in [0.2, 0.25) is 0 Å². The minimum Gasteiger partial charge on any atom is -0.494 e. The molecule has 4 nitrogen and oxygen atoms in total. The lowest BCUT2D eigenvalue weighted by atomic mass is 9.81. The second kappa shape index (κ2) is 13.0. The molecule has 2 amide bonds. The van der Waals surface area contributed by atoms with E-state index >= 15 is 0 Å². The lowest BCUT2D eigenvalue weighted by Crippen LogP contribution is -2.44. The summed E-state index contributed by atoms with van der Waals surface area (Å²) in [5.41, 5.74) is 5.81. The molecule has 0 saturated heterocycles. The molecule has 3 aromatic rings. The van der Waals surface area contributed by atoms with Crippen molar-refractivity contribution in [3.63, 3.8) is 0 Å². The molecule has 3 aromatic carbocycles. The zero-order valence-electron chi connectivity index (χ0n) is 23.7. The Bertz CT molecular complexity index is 1150. The van der Waals surface area contributed by atoms with Gasteiger partial charge >= 0.3 is 6.03 Å². The minimum absolute atomic E-state index is 0.0190. The minimum atomic E-state index is -0.0190. The van der Waals surface area contributed by atoms with Gasteiger partial charge in [-0.25, -0.2) is 4.79 Å². The Morgan fingerprint density at radius 2 is 1.45 bits per heavy atom. The highest BCUT2D eigenvalue weighted by atomic mass is 16.5. The third kappa shape index (κ3) is 6.59. The maximum atomic E-state index is 14.2. The van der Waals surface area contributed by atoms with Crippen LogP contribution >= 0.6 is 0 Å². The number of carbonyl (C=O) groups excluding carboxylic acids is 1. The maximum absolute atomic E-state index is 14.2. The summed E-state index contributed by atoms with van der Waals surface area (Å²) in [5, 5.41) is 3.40. The predicted molar refractivity (Wildman–Crippen MR) is 158 cm³/mol. The van der Waals surface area contributed by atoms with Crippen LogP contribution in [0.5, 0.6) is 5.75 Å². The van der Waals surface area contributed by atoms with Gasteiger partial charge in [0.25, 0.3) is 0 Å². The number of carbonyl (C=O) groups is 1. The Morgan fingerprint density at radius 3 is 2.05 bits per heavy atom. The highest BCUT2D eigenvalue weighted by Crippen LogP contribution is 2.37. The van der Waals surface area contributed by atoms with E-state index < -0.39 is 0 Å². The van der Waals surface area contributed by atoms with E-state index in [1.807, 2.05) is 25.1 Å². The summed E-state index contributed by atoms with van der Waals surface area (Å²) in [6.07, 6.45) is 4.16. The Morgan fingerprint density at radius 1 is 0.842 bits per heavy atom. The molecule has 1 saturated carbocycles. The zero-order chi connectivity index (χ0) is 27.1. The molecule has 0 aromatic heterocycles. The number of urea groups is 1. The summed E-state index contributed by atoms with van der Waals surface area (Å²) < 4.78 is 5.94. The lowest BCUT2D eigenvalue weighted by molar-refractivity contribution is 0.157. The van der Waals surface area contributed by atoms with E-state index in [4.69, 9.17) is 4.74 Å². The first-order chi connectivity index (χ1) is 18.4. The highest BCUT2D eigenvalue weighted by molar-refractivity contribution is 5.91. The Balaban J connectivity index is 1.62. The largest absolute Gasteiger partial charge is 0.494 e. The van der Waals surface area contributed by atoms with E-state index in [-0.39, 0.29) is 12.1 Å². The molecule has 4 rings (SSSR count). The molecule has 1 N–H and O–H groups in total. The van der Waals surface area contributed by atoms with Crippen LogP contribution in [-0.4, -0.2) is 23.6 Å². The molecule has 0 aliphatic heterocycles. The molecule has 0 atom stereocenters. The normalized spacial score (nSPS) is 17.4. The molecule has 0 unspecified atom stereocenters. The van der Waals surface area contributed by atoms with Gasteiger partial charge in [-0.1, -0.05) is 94.4 Å². The van der Waals surface area contributed by atoms with Crippen LogP contribution < -0.4 is 10.1 Å². The third-order valence-electron chi connectivity index (χ3n) is 7.89. The molecule has 38 heavy (non-hydrogen) atoms. The van der Waals surface area contributed by atoms with Gasteiger partial charge in [-0.3, -0.25) is 0 Å². The van der Waals surface area contributed by atoms with E-state index in [1.54, 1.807) is 0 Å². The van der Waals surface area contributed by atoms with E-state index in [1.165, 1.54) is 16.7 Å². The number of amides is 2. The number of rotatable bonds is 9. The molecular formula is C34H44N2O2. The van der Waals surface area contributed by atoms with Crippen molar-refractivity contribution in [1.29, 1.82) is 0 Å². The Labute approximate surface area is 229 Å². The van der Waals surface area contributed by atoms with Gasteiger partial charge in [0.1, 0.15) is 5.75 Å². The quantitative estimate of drug-likeness (QED) is 0.311. The molecule has 4 heteroatoms. The molecule has 0 bridgehead atoms. The number of ether oxygens (including phenoxy) is 1. The summed E-state index contributed by atoms with van der Waals surface area (Å²) in [7, 11) is 0. The molecule has 1 fully saturated rings. The van der Waals surface area contributed by atoms with Crippen molar-refractivity contribution >= 4 is 11.7 Å². The smallest absolute Gasteiger partial charge is 0.322 e. The van der Waals surface area contributed by atoms with Gasteiger partial charge in [0.05, 0.1) is 13.2 Å². The molecule has 0 radical (unpaired) electrons. The SMILES string of the molecule is CCOc1ccccc1CN(C(=O)Nc1c(C(C)C)cccc1C(C)C)[C@H]1CC[C@H](c2ccccc2)CC1. The van der Waals surface area contributed by atoms with Crippen molar-refractivity contribution in [2.45, 2.75) is 90.6 Å². The van der Waals surface area contributed by atoms with Crippen LogP contribution in [0.2, 0.25) is 0 Å². The van der Waals surface area contributed by atoms with Gasteiger partial charge < -0.3 is 15.0 Å². The standard InChI is InChI=1S/C34H44N2O2/c1-6-38-32-18-11-10-15-28(32)23-36(29-21-19-27(20-22-29)26-13-8-7-9-14-26)34(37)35-33-30(24(2)3)16-12-17-31(33)25(4)5/h7-18,24-25,27,29H,6,19-23H2,1-5H3,(H,35,37)/t27-,29-. The van der Waals surface area contributed by atoms with Crippen LogP contribution in [0.15, 0.2) is 72.8 Å². The first-order valence-electron chi connectivity index (χ1n) is 14.3. The maximum Gasteiger partial charge on any atom is 0.322 e. The molecule has 1 aliphatic carbocycles. The number of benzene rings is 3. The van der Waals surface area contributed by atoms with Crippen LogP contribution in [-0.2, 0) is 6.54 Å². The topological polar surface area (TPSA) is 41.6 Å². The highest BCUT2D eigenvalue weighted by Gasteiger charge is 2.31. The van der Waals surface area contributed by atoms with E-state index in [0.717, 1.165) is 42.7 Å². The molecule has 202 valence electrons. The van der Waals surface area contributed by atoms with Crippen molar-refractivity contribution in [3.8, 4) is 5.75 Å². The van der Waals surface area contributed by atoms with Gasteiger partial charge in [-0.2, -0.15) is 0 Å². The summed E-state index contributed by atoms with van der Waals surface area (Å²) in [6.45, 7) is 11.9. The van der Waals surface area contributed by atoms with Gasteiger partial charge in [-0.05, 0) is 73.1 Å². The fourth-order valence-electron chi connectivity index (χ4n) is 5.80. The third-order valence-corrected chi connectivity index (χ3v) is 7.89. The second-order valence-corrected chi connectivity index (χ2v) is 11.1. The summed E-state index contributed by atoms with van der Waals surface area (Å²) in [6, 6.07) is 25.5. The summed E-state index contributed by atoms with van der Waals surface area (Å²) in [4.78, 5) is 16.2. The van der Waals surface area contributed by atoms with Crippen molar-refractivity contribution in [2.24, 2.45) is 0 Å².